The Morgan fingerprint density at radius 1 is 1.12 bits per heavy atom. The van der Waals surface area contributed by atoms with E-state index in [0.717, 1.165) is 31.2 Å². The number of anilines is 1. The fourth-order valence-electron chi connectivity index (χ4n) is 3.95. The predicted molar refractivity (Wildman–Crippen MR) is 131 cm³/mol. The number of aromatic nitrogens is 2. The van der Waals surface area contributed by atoms with Gasteiger partial charge in [0.2, 0.25) is 11.8 Å². The van der Waals surface area contributed by atoms with Crippen LogP contribution in [0.3, 0.4) is 0 Å². The summed E-state index contributed by atoms with van der Waals surface area (Å²) < 4.78 is 15.1. The summed E-state index contributed by atoms with van der Waals surface area (Å²) >= 11 is 0. The van der Waals surface area contributed by atoms with Crippen molar-refractivity contribution in [2.75, 3.05) is 18.4 Å². The zero-order chi connectivity index (χ0) is 24.1. The third-order valence-electron chi connectivity index (χ3n) is 6.19. The number of carbonyl (C=O) groups is 2. The Morgan fingerprint density at radius 3 is 2.44 bits per heavy atom. The summed E-state index contributed by atoms with van der Waals surface area (Å²) in [7, 11) is 0. The lowest BCUT2D eigenvalue weighted by Crippen LogP contribution is -2.44. The number of rotatable bonds is 9. The molecule has 1 saturated carbocycles. The minimum absolute atomic E-state index is 0.00266. The summed E-state index contributed by atoms with van der Waals surface area (Å²) in [6.45, 7) is 4.78. The molecule has 4 rings (SSSR count). The monoisotopic (exact) mass is 462 g/mol. The number of carbonyl (C=O) groups excluding carboxylic acids is 2. The third-order valence-corrected chi connectivity index (χ3v) is 6.19. The van der Waals surface area contributed by atoms with E-state index in [2.05, 4.69) is 24.3 Å². The Hall–Kier alpha value is -3.48. The second kappa shape index (κ2) is 10.6. The van der Waals surface area contributed by atoms with Crippen LogP contribution in [0.15, 0.2) is 60.7 Å². The van der Waals surface area contributed by atoms with Crippen LogP contribution in [-0.2, 0) is 9.59 Å². The molecule has 6 nitrogen and oxygen atoms in total. The van der Waals surface area contributed by atoms with Gasteiger partial charge in [0.25, 0.3) is 0 Å². The Balaban J connectivity index is 1.56. The molecule has 1 fully saturated rings. The van der Waals surface area contributed by atoms with E-state index in [0.29, 0.717) is 29.7 Å². The van der Waals surface area contributed by atoms with Crippen LogP contribution in [0.2, 0.25) is 0 Å². The van der Waals surface area contributed by atoms with Crippen LogP contribution in [-0.4, -0.2) is 39.6 Å². The number of nitrogens with one attached hydrogen (secondary N) is 1. The van der Waals surface area contributed by atoms with Gasteiger partial charge in [0.1, 0.15) is 11.6 Å². The Morgan fingerprint density at radius 2 is 1.82 bits per heavy atom. The first-order chi connectivity index (χ1) is 16.4. The fraction of sp³-hybridized carbons (Fsp3) is 0.370. The van der Waals surface area contributed by atoms with E-state index in [1.165, 1.54) is 12.1 Å². The van der Waals surface area contributed by atoms with Crippen LogP contribution in [0.1, 0.15) is 39.5 Å². The average molecular weight is 463 g/mol. The summed E-state index contributed by atoms with van der Waals surface area (Å²) in [5, 5.41) is 7.59. The van der Waals surface area contributed by atoms with Gasteiger partial charge in [-0.25, -0.2) is 9.07 Å². The molecule has 3 aromatic rings. The molecule has 1 aliphatic rings. The first kappa shape index (κ1) is 23.7. The molecule has 1 aliphatic carbocycles. The summed E-state index contributed by atoms with van der Waals surface area (Å²) in [6, 6.07) is 17.4. The lowest BCUT2D eigenvalue weighted by Gasteiger charge is -2.31. The van der Waals surface area contributed by atoms with E-state index < -0.39 is 0 Å². The molecule has 0 spiro atoms. The van der Waals surface area contributed by atoms with Gasteiger partial charge in [-0.2, -0.15) is 5.10 Å². The molecule has 0 saturated heterocycles. The average Bonchev–Trinajstić information content (AvgIpc) is 3.20. The van der Waals surface area contributed by atoms with Crippen molar-refractivity contribution in [1.29, 1.82) is 0 Å². The van der Waals surface area contributed by atoms with Crippen molar-refractivity contribution in [3.05, 3.63) is 66.5 Å². The third kappa shape index (κ3) is 5.71. The Kier molecular flexibility index (Phi) is 7.40. The van der Waals surface area contributed by atoms with Crippen LogP contribution >= 0.6 is 0 Å². The van der Waals surface area contributed by atoms with Crippen molar-refractivity contribution >= 4 is 17.6 Å². The fourth-order valence-corrected chi connectivity index (χ4v) is 3.95. The number of benzene rings is 2. The first-order valence-electron chi connectivity index (χ1n) is 11.9. The molecule has 0 atom stereocenters. The van der Waals surface area contributed by atoms with E-state index in [-0.39, 0.29) is 30.1 Å². The van der Waals surface area contributed by atoms with E-state index in [4.69, 9.17) is 0 Å². The Labute approximate surface area is 199 Å². The van der Waals surface area contributed by atoms with Crippen molar-refractivity contribution < 1.29 is 14.0 Å². The van der Waals surface area contributed by atoms with Gasteiger partial charge in [-0.3, -0.25) is 9.59 Å². The lowest BCUT2D eigenvalue weighted by atomic mass is 9.84. The molecule has 178 valence electrons. The molecule has 2 aromatic carbocycles. The van der Waals surface area contributed by atoms with Gasteiger partial charge in [0, 0.05) is 24.1 Å². The molecular formula is C27H31FN4O2. The van der Waals surface area contributed by atoms with E-state index >= 15 is 0 Å². The highest BCUT2D eigenvalue weighted by Crippen LogP contribution is 2.29. The van der Waals surface area contributed by atoms with Gasteiger partial charge in [0.15, 0.2) is 0 Å². The molecule has 34 heavy (non-hydrogen) atoms. The quantitative estimate of drug-likeness (QED) is 0.470. The first-order valence-corrected chi connectivity index (χ1v) is 11.9. The summed E-state index contributed by atoms with van der Waals surface area (Å²) in [6.07, 6.45) is 3.71. The smallest absolute Gasteiger partial charge is 0.245 e. The number of amides is 2. The van der Waals surface area contributed by atoms with Gasteiger partial charge in [-0.05, 0) is 49.4 Å². The maximum atomic E-state index is 13.5. The molecule has 1 heterocycles. The van der Waals surface area contributed by atoms with Gasteiger partial charge in [0.05, 0.1) is 17.9 Å². The van der Waals surface area contributed by atoms with Gasteiger partial charge in [-0.15, -0.1) is 0 Å². The zero-order valence-electron chi connectivity index (χ0n) is 19.7. The van der Waals surface area contributed by atoms with Crippen molar-refractivity contribution in [3.8, 4) is 16.9 Å². The summed E-state index contributed by atoms with van der Waals surface area (Å²) in [5.74, 6) is 0.385. The maximum absolute atomic E-state index is 13.5. The minimum atomic E-state index is -0.347. The second-order valence-electron chi connectivity index (χ2n) is 9.29. The molecule has 7 heteroatoms. The number of halogens is 1. The molecule has 0 bridgehead atoms. The van der Waals surface area contributed by atoms with Crippen molar-refractivity contribution in [2.45, 2.75) is 39.5 Å². The van der Waals surface area contributed by atoms with Crippen LogP contribution < -0.4 is 5.32 Å². The van der Waals surface area contributed by atoms with Gasteiger partial charge in [-0.1, -0.05) is 50.6 Å². The summed E-state index contributed by atoms with van der Waals surface area (Å²) in [4.78, 5) is 27.7. The summed E-state index contributed by atoms with van der Waals surface area (Å²) in [5.41, 5.74) is 2.21. The topological polar surface area (TPSA) is 67.2 Å². The van der Waals surface area contributed by atoms with Gasteiger partial charge < -0.3 is 10.2 Å². The second-order valence-corrected chi connectivity index (χ2v) is 9.29. The van der Waals surface area contributed by atoms with Crippen molar-refractivity contribution in [2.24, 2.45) is 11.8 Å². The SMILES string of the molecule is CC(C)CCN(CC(=O)Nc1cc(-c2ccccc2)nn1-c1ccc(F)cc1)C(=O)C1CCC1. The minimum Gasteiger partial charge on any atom is -0.333 e. The molecule has 0 unspecified atom stereocenters. The van der Waals surface area contributed by atoms with E-state index in [9.17, 15) is 14.0 Å². The van der Waals surface area contributed by atoms with Crippen molar-refractivity contribution in [1.82, 2.24) is 14.7 Å². The predicted octanol–water partition coefficient (Wildman–Crippen LogP) is 5.29. The molecule has 1 N–H and O–H groups in total. The highest BCUT2D eigenvalue weighted by Gasteiger charge is 2.30. The van der Waals surface area contributed by atoms with Crippen LogP contribution in [0, 0.1) is 17.7 Å². The number of hydrogen-bond acceptors (Lipinski definition) is 3. The maximum Gasteiger partial charge on any atom is 0.245 e. The molecule has 2 amide bonds. The standard InChI is InChI=1S/C27H31FN4O2/c1-19(2)15-16-31(27(34)21-9-6-10-21)18-26(33)29-25-17-24(20-7-4-3-5-8-20)30-32(25)23-13-11-22(28)12-14-23/h3-5,7-8,11-14,17,19,21H,6,9-10,15-16,18H2,1-2H3,(H,29,33). The van der Waals surface area contributed by atoms with E-state index in [1.807, 2.05) is 30.3 Å². The Bertz CT molecular complexity index is 1120. The zero-order valence-corrected chi connectivity index (χ0v) is 19.7. The normalized spacial score (nSPS) is 13.5. The van der Waals surface area contributed by atoms with Gasteiger partial charge >= 0.3 is 0 Å². The highest BCUT2D eigenvalue weighted by molar-refractivity contribution is 5.95. The highest BCUT2D eigenvalue weighted by atomic mass is 19.1. The number of hydrogen-bond donors (Lipinski definition) is 1. The van der Waals surface area contributed by atoms with Crippen LogP contribution in [0.5, 0.6) is 0 Å². The van der Waals surface area contributed by atoms with Crippen LogP contribution in [0.4, 0.5) is 10.2 Å². The van der Waals surface area contributed by atoms with Crippen molar-refractivity contribution in [3.63, 3.8) is 0 Å². The molecule has 1 aromatic heterocycles. The lowest BCUT2D eigenvalue weighted by molar-refractivity contribution is -0.140. The van der Waals surface area contributed by atoms with Crippen LogP contribution in [0.25, 0.3) is 16.9 Å². The number of nitrogens with zero attached hydrogens (tertiary/aromatic N) is 3. The molecule has 0 aliphatic heterocycles. The largest absolute Gasteiger partial charge is 0.333 e. The molecular weight excluding hydrogens is 431 g/mol. The van der Waals surface area contributed by atoms with E-state index in [1.54, 1.807) is 27.8 Å². The molecule has 0 radical (unpaired) electrons.